The van der Waals surface area contributed by atoms with Crippen LogP contribution < -0.4 is 10.6 Å². The van der Waals surface area contributed by atoms with Gasteiger partial charge in [-0.2, -0.15) is 0 Å². The van der Waals surface area contributed by atoms with Gasteiger partial charge in [0.25, 0.3) is 0 Å². The van der Waals surface area contributed by atoms with Gasteiger partial charge in [-0.3, -0.25) is 0 Å². The van der Waals surface area contributed by atoms with Gasteiger partial charge >= 0.3 is 0 Å². The molecular weight excluding hydrogens is 228 g/mol. The molecule has 0 fully saturated rings. The molecule has 0 saturated heterocycles. The maximum absolute atomic E-state index is 2.83. The zero-order valence-electron chi connectivity index (χ0n) is 6.56. The van der Waals surface area contributed by atoms with E-state index in [1.165, 1.54) is 9.75 Å². The normalized spacial score (nSPS) is 12.7. The third kappa shape index (κ3) is 2.21. The van der Waals surface area contributed by atoms with E-state index in [4.69, 9.17) is 0 Å². The van der Waals surface area contributed by atoms with Crippen LogP contribution in [0.4, 0.5) is 0 Å². The average Bonchev–Trinajstić information content (AvgIpc) is 2.24. The Kier molecular flexibility index (Phi) is 4.39. The highest BCUT2D eigenvalue weighted by Crippen LogP contribution is 2.32. The Labute approximate surface area is 80.1 Å². The molecule has 0 aliphatic heterocycles. The molecule has 4 unspecified atom stereocenters. The van der Waals surface area contributed by atoms with Crippen molar-refractivity contribution in [3.8, 4) is 0 Å². The lowest BCUT2D eigenvalue weighted by atomic mass is 10.4. The Morgan fingerprint density at radius 3 is 1.64 bits per heavy atom. The zero-order valence-corrected chi connectivity index (χ0v) is 11.7. The largest absolute Gasteiger partial charge is 0.145 e. The molecule has 4 atom stereocenters. The highest BCUT2D eigenvalue weighted by Gasteiger charge is 2.08. The van der Waals surface area contributed by atoms with Crippen LogP contribution in [0.3, 0.4) is 0 Å². The van der Waals surface area contributed by atoms with E-state index in [9.17, 15) is 0 Å². The molecule has 62 valence electrons. The van der Waals surface area contributed by atoms with Crippen molar-refractivity contribution in [1.82, 2.24) is 0 Å². The van der Waals surface area contributed by atoms with Crippen LogP contribution in [0, 0.1) is 13.8 Å². The lowest BCUT2D eigenvalue weighted by Crippen LogP contribution is -2.11. The van der Waals surface area contributed by atoms with Crippen LogP contribution in [0.1, 0.15) is 9.75 Å². The smallest absolute Gasteiger partial charge is 0.0101 e. The first-order valence-electron chi connectivity index (χ1n) is 3.24. The molecule has 5 heteroatoms. The van der Waals surface area contributed by atoms with Crippen LogP contribution in [-0.4, -0.2) is 0 Å². The van der Waals surface area contributed by atoms with Gasteiger partial charge in [0.05, 0.1) is 0 Å². The van der Waals surface area contributed by atoms with Crippen LogP contribution in [-0.2, 0) is 0 Å². The fourth-order valence-corrected chi connectivity index (χ4v) is 7.90. The molecule has 0 bridgehead atoms. The van der Waals surface area contributed by atoms with Gasteiger partial charge in [-0.1, -0.05) is 16.5 Å². The number of aryl methyl sites for hydroxylation is 2. The highest BCUT2D eigenvalue weighted by molar-refractivity contribution is 8.10. The summed E-state index contributed by atoms with van der Waals surface area (Å²) >= 11 is 1.93. The van der Waals surface area contributed by atoms with Gasteiger partial charge in [0.2, 0.25) is 0 Å². The van der Waals surface area contributed by atoms with Crippen molar-refractivity contribution < 1.29 is 0 Å². The molecule has 0 aliphatic rings. The van der Waals surface area contributed by atoms with Crippen LogP contribution in [0.2, 0.25) is 0 Å². The minimum absolute atomic E-state index is 0.876. The standard InChI is InChI=1S/C6H12P4S/c1-3-5(9-7)6(10-8)4(2)11-3/h9-10H,7-8H2,1-2H3. The van der Waals surface area contributed by atoms with Gasteiger partial charge in [0.15, 0.2) is 0 Å². The molecule has 0 saturated carbocycles. The van der Waals surface area contributed by atoms with Crippen molar-refractivity contribution >= 4 is 56.3 Å². The third-order valence-electron chi connectivity index (χ3n) is 1.55. The molecule has 1 aromatic heterocycles. The van der Waals surface area contributed by atoms with Crippen molar-refractivity contribution in [1.29, 1.82) is 0 Å². The van der Waals surface area contributed by atoms with E-state index in [1.54, 1.807) is 10.6 Å². The van der Waals surface area contributed by atoms with Crippen molar-refractivity contribution in [2.24, 2.45) is 0 Å². The van der Waals surface area contributed by atoms with E-state index in [-0.39, 0.29) is 0 Å². The number of thiophene rings is 1. The molecular formula is C6H12P4S. The summed E-state index contributed by atoms with van der Waals surface area (Å²) in [7, 11) is 7.42. The van der Waals surface area contributed by atoms with Crippen LogP contribution in [0.15, 0.2) is 0 Å². The minimum Gasteiger partial charge on any atom is -0.145 e. The first kappa shape index (κ1) is 10.5. The van der Waals surface area contributed by atoms with Gasteiger partial charge in [0, 0.05) is 9.75 Å². The summed E-state index contributed by atoms with van der Waals surface area (Å²) in [6.07, 6.45) is 0. The van der Waals surface area contributed by atoms with Crippen molar-refractivity contribution in [2.75, 3.05) is 0 Å². The van der Waals surface area contributed by atoms with Gasteiger partial charge in [0.1, 0.15) is 0 Å². The predicted molar refractivity (Wildman–Crippen MR) is 69.1 cm³/mol. The molecule has 0 amide bonds. The maximum Gasteiger partial charge on any atom is 0.0101 e. The van der Waals surface area contributed by atoms with Crippen LogP contribution in [0.5, 0.6) is 0 Å². The maximum atomic E-state index is 2.83. The Morgan fingerprint density at radius 2 is 1.36 bits per heavy atom. The Hall–Kier alpha value is 1.42. The lowest BCUT2D eigenvalue weighted by Gasteiger charge is -1.99. The van der Waals surface area contributed by atoms with Crippen LogP contribution in [0.25, 0.3) is 0 Å². The summed E-state index contributed by atoms with van der Waals surface area (Å²) < 4.78 is 0. The second-order valence-corrected chi connectivity index (χ2v) is 6.99. The van der Waals surface area contributed by atoms with E-state index in [0.717, 1.165) is 16.5 Å². The van der Waals surface area contributed by atoms with Gasteiger partial charge in [-0.25, -0.2) is 0 Å². The zero-order chi connectivity index (χ0) is 8.43. The van der Waals surface area contributed by atoms with E-state index < -0.39 is 0 Å². The van der Waals surface area contributed by atoms with Gasteiger partial charge in [-0.15, -0.1) is 29.2 Å². The number of rotatable bonds is 2. The average molecular weight is 240 g/mol. The summed E-state index contributed by atoms with van der Waals surface area (Å²) in [6.45, 7) is 4.44. The van der Waals surface area contributed by atoms with Gasteiger partial charge < -0.3 is 0 Å². The predicted octanol–water partition coefficient (Wildman–Crippen LogP) is 2.55. The molecule has 0 nitrogen and oxygen atoms in total. The highest BCUT2D eigenvalue weighted by atomic mass is 32.1. The van der Waals surface area contributed by atoms with E-state index in [0.29, 0.717) is 0 Å². The number of hydrogen-bond donors (Lipinski definition) is 0. The summed E-state index contributed by atoms with van der Waals surface area (Å²) in [4.78, 5) is 3.00. The SMILES string of the molecule is Cc1sc(C)c(PP)c1PP. The van der Waals surface area contributed by atoms with Crippen molar-refractivity contribution in [2.45, 2.75) is 13.8 Å². The number of hydrogen-bond acceptors (Lipinski definition) is 1. The monoisotopic (exact) mass is 240 g/mol. The second kappa shape index (κ2) is 4.60. The molecule has 1 rings (SSSR count). The fourth-order valence-electron chi connectivity index (χ4n) is 1.03. The Morgan fingerprint density at radius 1 is 1.00 bits per heavy atom. The second-order valence-electron chi connectivity index (χ2n) is 2.25. The molecule has 0 radical (unpaired) electrons. The molecule has 0 aliphatic carbocycles. The quantitative estimate of drug-likeness (QED) is 0.697. The fraction of sp³-hybridized carbons (Fsp3) is 0.333. The minimum atomic E-state index is 0.876. The van der Waals surface area contributed by atoms with E-state index >= 15 is 0 Å². The molecule has 0 spiro atoms. The topological polar surface area (TPSA) is 0 Å². The first-order chi connectivity index (χ1) is 5.20. The molecule has 1 heterocycles. The Balaban J connectivity index is 3.17. The molecule has 0 N–H and O–H groups in total. The van der Waals surface area contributed by atoms with E-state index in [1.807, 2.05) is 11.3 Å². The molecule has 0 aromatic carbocycles. The summed E-state index contributed by atoms with van der Waals surface area (Å²) in [5, 5.41) is 3.15. The van der Waals surface area contributed by atoms with E-state index in [2.05, 4.69) is 31.7 Å². The summed E-state index contributed by atoms with van der Waals surface area (Å²) in [5.41, 5.74) is 0. The lowest BCUT2D eigenvalue weighted by molar-refractivity contribution is 1.70. The molecule has 11 heavy (non-hydrogen) atoms. The first-order valence-corrected chi connectivity index (χ1v) is 9.67. The van der Waals surface area contributed by atoms with Crippen molar-refractivity contribution in [3.63, 3.8) is 0 Å². The Bertz CT molecular complexity index is 231. The van der Waals surface area contributed by atoms with Crippen molar-refractivity contribution in [3.05, 3.63) is 9.75 Å². The molecule has 1 aromatic rings. The summed E-state index contributed by atoms with van der Waals surface area (Å²) in [5.74, 6) is 0. The third-order valence-corrected chi connectivity index (χ3v) is 6.74. The summed E-state index contributed by atoms with van der Waals surface area (Å²) in [6, 6.07) is 0. The van der Waals surface area contributed by atoms with Gasteiger partial charge in [-0.05, 0) is 24.5 Å². The van der Waals surface area contributed by atoms with Crippen LogP contribution >= 0.6 is 45.7 Å².